The minimum absolute atomic E-state index is 0.0572. The number of carbonyl (C=O) groups is 2. The van der Waals surface area contributed by atoms with Crippen LogP contribution in [0.15, 0.2) is 54.0 Å². The van der Waals surface area contributed by atoms with Crippen molar-refractivity contribution >= 4 is 23.2 Å². The minimum Gasteiger partial charge on any atom is -0.493 e. The van der Waals surface area contributed by atoms with E-state index in [1.165, 1.54) is 16.9 Å². The number of benzene rings is 1. The van der Waals surface area contributed by atoms with Crippen molar-refractivity contribution in [1.29, 1.82) is 0 Å². The number of hydrogen-bond donors (Lipinski definition) is 1. The summed E-state index contributed by atoms with van der Waals surface area (Å²) in [4.78, 5) is 32.1. The van der Waals surface area contributed by atoms with Crippen LogP contribution in [0.5, 0.6) is 5.75 Å². The van der Waals surface area contributed by atoms with Crippen molar-refractivity contribution < 1.29 is 14.3 Å². The quantitative estimate of drug-likeness (QED) is 0.614. The normalized spacial score (nSPS) is 12.9. The Labute approximate surface area is 185 Å². The monoisotopic (exact) mass is 435 g/mol. The van der Waals surface area contributed by atoms with Gasteiger partial charge < -0.3 is 15.0 Å². The van der Waals surface area contributed by atoms with Crippen LogP contribution in [0.4, 0.5) is 0 Å². The zero-order valence-corrected chi connectivity index (χ0v) is 18.3. The molecular formula is C24H25N3O3S. The topological polar surface area (TPSA) is 71.5 Å². The van der Waals surface area contributed by atoms with E-state index in [4.69, 9.17) is 4.74 Å². The molecule has 1 aliphatic rings. The molecule has 0 spiro atoms. The lowest BCUT2D eigenvalue weighted by molar-refractivity contribution is -0.121. The van der Waals surface area contributed by atoms with Crippen LogP contribution >= 0.6 is 11.3 Å². The van der Waals surface area contributed by atoms with Gasteiger partial charge >= 0.3 is 0 Å². The van der Waals surface area contributed by atoms with Crippen LogP contribution in [0, 0.1) is 6.92 Å². The molecule has 0 atom stereocenters. The maximum absolute atomic E-state index is 12.7. The molecule has 0 bridgehead atoms. The van der Waals surface area contributed by atoms with Crippen LogP contribution in [0.25, 0.3) is 0 Å². The summed E-state index contributed by atoms with van der Waals surface area (Å²) in [6, 6.07) is 13.2. The number of hydrogen-bond acceptors (Lipinski definition) is 5. The predicted molar refractivity (Wildman–Crippen MR) is 120 cm³/mol. The van der Waals surface area contributed by atoms with Crippen LogP contribution in [0.3, 0.4) is 0 Å². The van der Waals surface area contributed by atoms with Gasteiger partial charge in [0.2, 0.25) is 5.91 Å². The molecule has 2 amide bonds. The molecule has 0 fully saturated rings. The van der Waals surface area contributed by atoms with Crippen LogP contribution in [0.2, 0.25) is 0 Å². The molecule has 4 rings (SSSR count). The minimum atomic E-state index is -0.0572. The fraction of sp³-hybridized carbons (Fsp3) is 0.292. The third kappa shape index (κ3) is 5.11. The van der Waals surface area contributed by atoms with Gasteiger partial charge in [-0.15, -0.1) is 11.3 Å². The van der Waals surface area contributed by atoms with E-state index in [0.29, 0.717) is 32.7 Å². The maximum Gasteiger partial charge on any atom is 0.264 e. The Bertz CT molecular complexity index is 1050. The number of carbonyl (C=O) groups excluding carboxylic acids is 2. The van der Waals surface area contributed by atoms with E-state index in [0.717, 1.165) is 33.9 Å². The Morgan fingerprint density at radius 2 is 2.03 bits per heavy atom. The number of ether oxygens (including phenoxy) is 1. The molecule has 1 N–H and O–H groups in total. The largest absolute Gasteiger partial charge is 0.493 e. The van der Waals surface area contributed by atoms with Gasteiger partial charge in [0.1, 0.15) is 5.75 Å². The SMILES string of the molecule is Cc1ncc2c(c1CNC(=O)CCOc1ccccc1)CCN(C(=O)c1cccs1)C2. The lowest BCUT2D eigenvalue weighted by Crippen LogP contribution is -2.36. The first-order valence-corrected chi connectivity index (χ1v) is 11.2. The van der Waals surface area contributed by atoms with Crippen LogP contribution in [-0.2, 0) is 24.3 Å². The zero-order chi connectivity index (χ0) is 21.6. The molecule has 2 aromatic heterocycles. The van der Waals surface area contributed by atoms with Gasteiger partial charge in [0.05, 0.1) is 17.9 Å². The van der Waals surface area contributed by atoms with Gasteiger partial charge in [0.15, 0.2) is 0 Å². The average Bonchev–Trinajstić information content (AvgIpc) is 3.33. The van der Waals surface area contributed by atoms with Gasteiger partial charge in [-0.3, -0.25) is 14.6 Å². The van der Waals surface area contributed by atoms with E-state index in [2.05, 4.69) is 10.3 Å². The van der Waals surface area contributed by atoms with Crippen molar-refractivity contribution in [3.8, 4) is 5.75 Å². The standard InChI is InChI=1S/C24H25N3O3S/c1-17-21(15-26-23(28)10-12-30-19-6-3-2-4-7-19)20-9-11-27(16-18(20)14-25-17)24(29)22-8-5-13-31-22/h2-8,13-14H,9-12,15-16H2,1H3,(H,26,28). The summed E-state index contributed by atoms with van der Waals surface area (Å²) in [6.07, 6.45) is 2.91. The lowest BCUT2D eigenvalue weighted by Gasteiger charge is -2.30. The number of nitrogens with one attached hydrogen (secondary N) is 1. The van der Waals surface area contributed by atoms with Gasteiger partial charge in [-0.25, -0.2) is 0 Å². The Morgan fingerprint density at radius 1 is 1.19 bits per heavy atom. The van der Waals surface area contributed by atoms with Gasteiger partial charge in [0.25, 0.3) is 5.91 Å². The predicted octanol–water partition coefficient (Wildman–Crippen LogP) is 3.74. The van der Waals surface area contributed by atoms with E-state index in [1.807, 2.05) is 65.9 Å². The molecule has 160 valence electrons. The van der Waals surface area contributed by atoms with Crippen LogP contribution < -0.4 is 10.1 Å². The summed E-state index contributed by atoms with van der Waals surface area (Å²) in [6.45, 7) is 3.94. The molecule has 1 aliphatic heterocycles. The van der Waals surface area contributed by atoms with Crippen molar-refractivity contribution in [2.45, 2.75) is 32.9 Å². The number of pyridine rings is 1. The smallest absolute Gasteiger partial charge is 0.264 e. The first-order valence-electron chi connectivity index (χ1n) is 10.4. The van der Waals surface area contributed by atoms with E-state index >= 15 is 0 Å². The van der Waals surface area contributed by atoms with Crippen molar-refractivity contribution in [2.24, 2.45) is 0 Å². The fourth-order valence-corrected chi connectivity index (χ4v) is 4.43. The highest BCUT2D eigenvalue weighted by Crippen LogP contribution is 2.25. The van der Waals surface area contributed by atoms with Crippen molar-refractivity contribution in [3.05, 3.63) is 81.3 Å². The molecule has 0 unspecified atom stereocenters. The highest BCUT2D eigenvalue weighted by molar-refractivity contribution is 7.12. The molecule has 1 aromatic carbocycles. The second-order valence-corrected chi connectivity index (χ2v) is 8.42. The second kappa shape index (κ2) is 9.75. The summed E-state index contributed by atoms with van der Waals surface area (Å²) in [5.74, 6) is 0.766. The third-order valence-electron chi connectivity index (χ3n) is 5.42. The number of aromatic nitrogens is 1. The second-order valence-electron chi connectivity index (χ2n) is 7.47. The first kappa shape index (κ1) is 21.1. The molecule has 3 aromatic rings. The number of amides is 2. The molecule has 0 saturated heterocycles. The van der Waals surface area contributed by atoms with E-state index < -0.39 is 0 Å². The lowest BCUT2D eigenvalue weighted by atomic mass is 9.94. The van der Waals surface area contributed by atoms with E-state index in [1.54, 1.807) is 0 Å². The molecule has 7 heteroatoms. The first-order chi connectivity index (χ1) is 15.1. The fourth-order valence-electron chi connectivity index (χ4n) is 3.74. The summed E-state index contributed by atoms with van der Waals surface area (Å²) in [5, 5.41) is 4.91. The maximum atomic E-state index is 12.7. The summed E-state index contributed by atoms with van der Waals surface area (Å²) >= 11 is 1.46. The number of fused-ring (bicyclic) bond motifs is 1. The number of rotatable bonds is 7. The molecule has 0 radical (unpaired) electrons. The summed E-state index contributed by atoms with van der Waals surface area (Å²) in [7, 11) is 0. The Balaban J connectivity index is 1.35. The van der Waals surface area contributed by atoms with Crippen molar-refractivity contribution in [3.63, 3.8) is 0 Å². The van der Waals surface area contributed by atoms with Crippen molar-refractivity contribution in [1.82, 2.24) is 15.2 Å². The van der Waals surface area contributed by atoms with Gasteiger partial charge in [0, 0.05) is 31.5 Å². The Morgan fingerprint density at radius 3 is 2.81 bits per heavy atom. The van der Waals surface area contributed by atoms with Gasteiger partial charge in [-0.1, -0.05) is 24.3 Å². The van der Waals surface area contributed by atoms with E-state index in [9.17, 15) is 9.59 Å². The van der Waals surface area contributed by atoms with Gasteiger partial charge in [-0.2, -0.15) is 0 Å². The number of nitrogens with zero attached hydrogens (tertiary/aromatic N) is 2. The van der Waals surface area contributed by atoms with E-state index in [-0.39, 0.29) is 11.8 Å². The molecular weight excluding hydrogens is 410 g/mol. The summed E-state index contributed by atoms with van der Waals surface area (Å²) < 4.78 is 5.60. The highest BCUT2D eigenvalue weighted by Gasteiger charge is 2.25. The van der Waals surface area contributed by atoms with Crippen molar-refractivity contribution in [2.75, 3.05) is 13.2 Å². The molecule has 0 saturated carbocycles. The molecule has 31 heavy (non-hydrogen) atoms. The molecule has 6 nitrogen and oxygen atoms in total. The Hall–Kier alpha value is -3.19. The number of para-hydroxylation sites is 1. The molecule has 3 heterocycles. The number of thiophene rings is 1. The molecule has 0 aliphatic carbocycles. The highest BCUT2D eigenvalue weighted by atomic mass is 32.1. The zero-order valence-electron chi connectivity index (χ0n) is 17.5. The average molecular weight is 436 g/mol. The van der Waals surface area contributed by atoms with Gasteiger partial charge in [-0.05, 0) is 53.6 Å². The summed E-state index contributed by atoms with van der Waals surface area (Å²) in [5.41, 5.74) is 4.22. The third-order valence-corrected chi connectivity index (χ3v) is 6.28. The Kier molecular flexibility index (Phi) is 6.62. The number of aryl methyl sites for hydroxylation is 1. The van der Waals surface area contributed by atoms with Crippen LogP contribution in [-0.4, -0.2) is 34.8 Å². The van der Waals surface area contributed by atoms with Crippen LogP contribution in [0.1, 0.15) is 38.5 Å².